The van der Waals surface area contributed by atoms with Crippen molar-refractivity contribution in [1.82, 2.24) is 14.3 Å². The van der Waals surface area contributed by atoms with E-state index < -0.39 is 10.0 Å². The number of imidazole rings is 1. The molecule has 0 aliphatic carbocycles. The first-order valence-corrected chi connectivity index (χ1v) is 8.57. The molecule has 0 aliphatic heterocycles. The molecule has 1 aromatic heterocycles. The standard InChI is InChI=1S/C15H14ClN3O2S/c16-12-4-3-5-13(10-12)22(20,21)18-8-9-19-11-17-14-6-1-2-7-15(14)19/h1-7,10-11,18H,8-9H2. The van der Waals surface area contributed by atoms with E-state index in [4.69, 9.17) is 11.6 Å². The van der Waals surface area contributed by atoms with Crippen LogP contribution in [0.25, 0.3) is 11.0 Å². The predicted octanol–water partition coefficient (Wildman–Crippen LogP) is 2.67. The largest absolute Gasteiger partial charge is 0.329 e. The normalized spacial score (nSPS) is 11.9. The van der Waals surface area contributed by atoms with Gasteiger partial charge in [0.15, 0.2) is 0 Å². The molecule has 5 nitrogen and oxygen atoms in total. The summed E-state index contributed by atoms with van der Waals surface area (Å²) < 4.78 is 28.8. The highest BCUT2D eigenvalue weighted by Crippen LogP contribution is 2.15. The molecule has 22 heavy (non-hydrogen) atoms. The van der Waals surface area contributed by atoms with Gasteiger partial charge in [0.1, 0.15) is 0 Å². The molecule has 0 saturated carbocycles. The van der Waals surface area contributed by atoms with Crippen LogP contribution >= 0.6 is 11.6 Å². The summed E-state index contributed by atoms with van der Waals surface area (Å²) in [6.45, 7) is 0.773. The van der Waals surface area contributed by atoms with Crippen molar-refractivity contribution in [3.63, 3.8) is 0 Å². The first-order valence-electron chi connectivity index (χ1n) is 6.71. The minimum atomic E-state index is -3.56. The summed E-state index contributed by atoms with van der Waals surface area (Å²) in [6.07, 6.45) is 1.71. The van der Waals surface area contributed by atoms with Crippen LogP contribution in [0.3, 0.4) is 0 Å². The van der Waals surface area contributed by atoms with Gasteiger partial charge in [-0.3, -0.25) is 0 Å². The van der Waals surface area contributed by atoms with E-state index in [1.54, 1.807) is 18.5 Å². The molecule has 0 amide bonds. The van der Waals surface area contributed by atoms with Crippen molar-refractivity contribution in [2.75, 3.05) is 6.54 Å². The summed E-state index contributed by atoms with van der Waals surface area (Å²) >= 11 is 5.83. The zero-order valence-electron chi connectivity index (χ0n) is 11.6. The Hall–Kier alpha value is -1.89. The number of rotatable bonds is 5. The van der Waals surface area contributed by atoms with E-state index >= 15 is 0 Å². The van der Waals surface area contributed by atoms with E-state index in [-0.39, 0.29) is 11.4 Å². The third-order valence-corrected chi connectivity index (χ3v) is 4.97. The van der Waals surface area contributed by atoms with Crippen molar-refractivity contribution < 1.29 is 8.42 Å². The Balaban J connectivity index is 1.70. The number of hydrogen-bond donors (Lipinski definition) is 1. The zero-order valence-corrected chi connectivity index (χ0v) is 13.2. The summed E-state index contributed by atoms with van der Waals surface area (Å²) in [5.74, 6) is 0. The lowest BCUT2D eigenvalue weighted by molar-refractivity contribution is 0.574. The second-order valence-corrected chi connectivity index (χ2v) is 6.99. The van der Waals surface area contributed by atoms with Gasteiger partial charge in [-0.25, -0.2) is 18.1 Å². The molecule has 0 radical (unpaired) electrons. The fourth-order valence-corrected chi connectivity index (χ4v) is 3.53. The third-order valence-electron chi connectivity index (χ3n) is 3.28. The van der Waals surface area contributed by atoms with Gasteiger partial charge in [0, 0.05) is 18.1 Å². The smallest absolute Gasteiger partial charge is 0.240 e. The Kier molecular flexibility index (Phi) is 4.15. The van der Waals surface area contributed by atoms with Gasteiger partial charge in [0.05, 0.1) is 22.3 Å². The zero-order chi connectivity index (χ0) is 15.6. The van der Waals surface area contributed by atoms with Crippen LogP contribution in [-0.2, 0) is 16.6 Å². The number of aromatic nitrogens is 2. The highest BCUT2D eigenvalue weighted by Gasteiger charge is 2.13. The van der Waals surface area contributed by atoms with Gasteiger partial charge >= 0.3 is 0 Å². The number of nitrogens with zero attached hydrogens (tertiary/aromatic N) is 2. The van der Waals surface area contributed by atoms with Crippen LogP contribution in [0.4, 0.5) is 0 Å². The average molecular weight is 336 g/mol. The van der Waals surface area contributed by atoms with E-state index in [9.17, 15) is 8.42 Å². The van der Waals surface area contributed by atoms with Crippen LogP contribution in [0.15, 0.2) is 59.8 Å². The number of halogens is 1. The van der Waals surface area contributed by atoms with Gasteiger partial charge in [0.25, 0.3) is 0 Å². The topological polar surface area (TPSA) is 64.0 Å². The van der Waals surface area contributed by atoms with E-state index in [0.717, 1.165) is 11.0 Å². The van der Waals surface area contributed by atoms with Crippen LogP contribution in [0, 0.1) is 0 Å². The van der Waals surface area contributed by atoms with Gasteiger partial charge in [0.2, 0.25) is 10.0 Å². The van der Waals surface area contributed by atoms with E-state index in [0.29, 0.717) is 11.6 Å². The maximum atomic E-state index is 12.2. The summed E-state index contributed by atoms with van der Waals surface area (Å²) in [7, 11) is -3.56. The molecule has 2 aromatic carbocycles. The predicted molar refractivity (Wildman–Crippen MR) is 86.4 cm³/mol. The molecule has 0 bridgehead atoms. The number of hydrogen-bond acceptors (Lipinski definition) is 3. The molecule has 0 aliphatic rings. The lowest BCUT2D eigenvalue weighted by Gasteiger charge is -2.08. The van der Waals surface area contributed by atoms with Crippen LogP contribution < -0.4 is 4.72 Å². The fraction of sp³-hybridized carbons (Fsp3) is 0.133. The Morgan fingerprint density at radius 1 is 1.14 bits per heavy atom. The van der Waals surface area contributed by atoms with Gasteiger partial charge in [-0.15, -0.1) is 0 Å². The van der Waals surface area contributed by atoms with E-state index in [2.05, 4.69) is 9.71 Å². The van der Waals surface area contributed by atoms with Gasteiger partial charge < -0.3 is 4.57 Å². The molecule has 0 fully saturated rings. The summed E-state index contributed by atoms with van der Waals surface area (Å²) in [5, 5.41) is 0.392. The Morgan fingerprint density at radius 2 is 1.95 bits per heavy atom. The number of nitrogens with one attached hydrogen (secondary N) is 1. The molecule has 0 unspecified atom stereocenters. The van der Waals surface area contributed by atoms with Crippen LogP contribution in [0.2, 0.25) is 5.02 Å². The minimum Gasteiger partial charge on any atom is -0.329 e. The number of para-hydroxylation sites is 2. The van der Waals surface area contributed by atoms with Gasteiger partial charge in [-0.05, 0) is 30.3 Å². The number of benzene rings is 2. The molecule has 1 N–H and O–H groups in total. The molecule has 0 spiro atoms. The van der Waals surface area contributed by atoms with E-state index in [1.807, 2.05) is 28.8 Å². The van der Waals surface area contributed by atoms with Gasteiger partial charge in [-0.1, -0.05) is 29.8 Å². The van der Waals surface area contributed by atoms with Crippen molar-refractivity contribution >= 4 is 32.7 Å². The molecule has 7 heteroatoms. The van der Waals surface area contributed by atoms with Crippen LogP contribution in [0.5, 0.6) is 0 Å². The van der Waals surface area contributed by atoms with Crippen LogP contribution in [-0.4, -0.2) is 24.5 Å². The van der Waals surface area contributed by atoms with Crippen molar-refractivity contribution in [3.8, 4) is 0 Å². The monoisotopic (exact) mass is 335 g/mol. The molecule has 114 valence electrons. The van der Waals surface area contributed by atoms with Crippen molar-refractivity contribution in [1.29, 1.82) is 0 Å². The number of sulfonamides is 1. The SMILES string of the molecule is O=S(=O)(NCCn1cnc2ccccc21)c1cccc(Cl)c1. The third kappa shape index (κ3) is 3.14. The molecule has 3 rings (SSSR count). The quantitative estimate of drug-likeness (QED) is 0.779. The lowest BCUT2D eigenvalue weighted by Crippen LogP contribution is -2.27. The second kappa shape index (κ2) is 6.08. The molecular formula is C15H14ClN3O2S. The highest BCUT2D eigenvalue weighted by molar-refractivity contribution is 7.89. The maximum Gasteiger partial charge on any atom is 0.240 e. The summed E-state index contributed by atoms with van der Waals surface area (Å²) in [6, 6.07) is 13.9. The first-order chi connectivity index (χ1) is 10.6. The molecular weight excluding hydrogens is 322 g/mol. The summed E-state index contributed by atoms with van der Waals surface area (Å²) in [4.78, 5) is 4.43. The highest BCUT2D eigenvalue weighted by atomic mass is 35.5. The molecule has 1 heterocycles. The molecule has 3 aromatic rings. The van der Waals surface area contributed by atoms with Crippen molar-refractivity contribution in [2.24, 2.45) is 0 Å². The van der Waals surface area contributed by atoms with Crippen LogP contribution in [0.1, 0.15) is 0 Å². The van der Waals surface area contributed by atoms with Gasteiger partial charge in [-0.2, -0.15) is 0 Å². The lowest BCUT2D eigenvalue weighted by atomic mass is 10.3. The molecule has 0 atom stereocenters. The number of fused-ring (bicyclic) bond motifs is 1. The Bertz CT molecular complexity index is 906. The second-order valence-electron chi connectivity index (χ2n) is 4.78. The summed E-state index contributed by atoms with van der Waals surface area (Å²) in [5.41, 5.74) is 1.87. The Morgan fingerprint density at radius 3 is 2.77 bits per heavy atom. The molecule has 0 saturated heterocycles. The minimum absolute atomic E-state index is 0.162. The fourth-order valence-electron chi connectivity index (χ4n) is 2.21. The van der Waals surface area contributed by atoms with Crippen molar-refractivity contribution in [3.05, 3.63) is 59.9 Å². The Labute approximate surface area is 133 Å². The first kappa shape index (κ1) is 15.0. The average Bonchev–Trinajstić information content (AvgIpc) is 2.91. The van der Waals surface area contributed by atoms with E-state index in [1.165, 1.54) is 12.1 Å². The van der Waals surface area contributed by atoms with Crippen molar-refractivity contribution in [2.45, 2.75) is 11.4 Å². The maximum absolute atomic E-state index is 12.2.